The zero-order valence-corrected chi connectivity index (χ0v) is 26.3. The van der Waals surface area contributed by atoms with Gasteiger partial charge in [-0.3, -0.25) is 14.4 Å². The zero-order valence-electron chi connectivity index (χ0n) is 26.3. The molecule has 0 aromatic carbocycles. The van der Waals surface area contributed by atoms with E-state index in [-0.39, 0.29) is 80.9 Å². The Morgan fingerprint density at radius 1 is 0.950 bits per heavy atom. The van der Waals surface area contributed by atoms with Crippen molar-refractivity contribution < 1.29 is 23.9 Å². The quantitative estimate of drug-likeness (QED) is 0.261. The number of rotatable bonds is 5. The van der Waals surface area contributed by atoms with Crippen molar-refractivity contribution in [3.05, 3.63) is 11.6 Å². The summed E-state index contributed by atoms with van der Waals surface area (Å²) in [5, 5.41) is 0. The van der Waals surface area contributed by atoms with E-state index in [1.807, 2.05) is 0 Å². The van der Waals surface area contributed by atoms with Gasteiger partial charge in [0.05, 0.1) is 6.42 Å². The molecule has 0 saturated heterocycles. The number of allylic oxidation sites excluding steroid dienone is 2. The van der Waals surface area contributed by atoms with Gasteiger partial charge in [-0.2, -0.15) is 0 Å². The number of fused-ring (bicyclic) bond motifs is 7. The number of carbonyl (C=O) groups excluding carboxylic acids is 4. The smallest absolute Gasteiger partial charge is 0.306 e. The summed E-state index contributed by atoms with van der Waals surface area (Å²) >= 11 is 0. The summed E-state index contributed by atoms with van der Waals surface area (Å²) in [6, 6.07) is 0. The van der Waals surface area contributed by atoms with Crippen LogP contribution in [0, 0.1) is 50.2 Å². The first kappa shape index (κ1) is 29.7. The van der Waals surface area contributed by atoms with E-state index in [4.69, 9.17) is 4.74 Å². The van der Waals surface area contributed by atoms with E-state index >= 15 is 0 Å². The van der Waals surface area contributed by atoms with Gasteiger partial charge in [-0.1, -0.05) is 54.0 Å². The Labute approximate surface area is 241 Å². The van der Waals surface area contributed by atoms with Crippen LogP contribution < -0.4 is 0 Å². The Morgan fingerprint density at radius 2 is 1.62 bits per heavy atom. The molecule has 5 aliphatic carbocycles. The molecule has 2 unspecified atom stereocenters. The zero-order chi connectivity index (χ0) is 29.5. The third-order valence-electron chi connectivity index (χ3n) is 14.1. The van der Waals surface area contributed by atoms with E-state index in [9.17, 15) is 19.2 Å². The Kier molecular flexibility index (Phi) is 6.95. The average Bonchev–Trinajstić information content (AvgIpc) is 2.86. The van der Waals surface area contributed by atoms with Crippen LogP contribution in [0.2, 0.25) is 0 Å². The van der Waals surface area contributed by atoms with Crippen LogP contribution in [0.3, 0.4) is 0 Å². The molecule has 5 rings (SSSR count). The SMILES string of the molecule is CC(=O)C1(C)CC[C@]2(C)CC[C@]3(C)C(=CC(=O)[C@@H]4[C@@]5(C)CC[C@H](OC(=O)CCC=O)C(C)(C)C5CC[C@]43C)[C@@H]2C1. The summed E-state index contributed by atoms with van der Waals surface area (Å²) in [6.45, 7) is 18.0. The third kappa shape index (κ3) is 3.98. The van der Waals surface area contributed by atoms with Crippen LogP contribution >= 0.6 is 0 Å². The maximum absolute atomic E-state index is 14.5. The second-order valence-electron chi connectivity index (χ2n) is 16.4. The molecule has 4 fully saturated rings. The molecule has 0 bridgehead atoms. The number of carbonyl (C=O) groups is 4. The van der Waals surface area contributed by atoms with Gasteiger partial charge in [-0.05, 0) is 104 Å². The van der Waals surface area contributed by atoms with Crippen LogP contribution in [0.4, 0.5) is 0 Å². The minimum atomic E-state index is -0.306. The largest absolute Gasteiger partial charge is 0.462 e. The second-order valence-corrected chi connectivity index (χ2v) is 16.4. The average molecular weight is 553 g/mol. The number of ketones is 2. The molecule has 0 aromatic rings. The van der Waals surface area contributed by atoms with E-state index in [0.29, 0.717) is 5.78 Å². The van der Waals surface area contributed by atoms with Gasteiger partial charge < -0.3 is 9.53 Å². The molecule has 9 atom stereocenters. The third-order valence-corrected chi connectivity index (χ3v) is 14.1. The molecule has 222 valence electrons. The van der Waals surface area contributed by atoms with E-state index in [1.165, 1.54) is 5.57 Å². The Morgan fingerprint density at radius 3 is 2.27 bits per heavy atom. The topological polar surface area (TPSA) is 77.5 Å². The fourth-order valence-corrected chi connectivity index (χ4v) is 11.1. The molecular formula is C35H52O5. The number of aldehydes is 1. The van der Waals surface area contributed by atoms with Gasteiger partial charge in [0, 0.05) is 23.2 Å². The maximum Gasteiger partial charge on any atom is 0.306 e. The summed E-state index contributed by atoms with van der Waals surface area (Å²) < 4.78 is 5.98. The van der Waals surface area contributed by atoms with Crippen molar-refractivity contribution in [2.24, 2.45) is 50.2 Å². The summed E-state index contributed by atoms with van der Waals surface area (Å²) in [6.07, 6.45) is 11.7. The van der Waals surface area contributed by atoms with Crippen LogP contribution in [0.5, 0.6) is 0 Å². The van der Waals surface area contributed by atoms with Gasteiger partial charge in [-0.15, -0.1) is 0 Å². The van der Waals surface area contributed by atoms with Gasteiger partial charge in [-0.25, -0.2) is 0 Å². The fourth-order valence-electron chi connectivity index (χ4n) is 11.1. The normalized spacial score (nSPS) is 47.5. The molecular weight excluding hydrogens is 500 g/mol. The van der Waals surface area contributed by atoms with Crippen molar-refractivity contribution in [2.45, 2.75) is 132 Å². The van der Waals surface area contributed by atoms with E-state index in [0.717, 1.165) is 64.1 Å². The van der Waals surface area contributed by atoms with Crippen molar-refractivity contribution in [3.8, 4) is 0 Å². The van der Waals surface area contributed by atoms with Crippen LogP contribution in [-0.2, 0) is 23.9 Å². The maximum atomic E-state index is 14.5. The molecule has 0 aliphatic heterocycles. The highest BCUT2D eigenvalue weighted by atomic mass is 16.5. The minimum absolute atomic E-state index is 0.0642. The van der Waals surface area contributed by atoms with Crippen molar-refractivity contribution in [2.75, 3.05) is 0 Å². The lowest BCUT2D eigenvalue weighted by Crippen LogP contribution is -2.66. The summed E-state index contributed by atoms with van der Waals surface area (Å²) in [4.78, 5) is 50.5. The number of hydrogen-bond acceptors (Lipinski definition) is 5. The van der Waals surface area contributed by atoms with Crippen molar-refractivity contribution in [3.63, 3.8) is 0 Å². The predicted octanol–water partition coefficient (Wildman–Crippen LogP) is 7.45. The highest BCUT2D eigenvalue weighted by molar-refractivity contribution is 5.95. The van der Waals surface area contributed by atoms with Crippen LogP contribution in [0.25, 0.3) is 0 Å². The molecule has 0 heterocycles. The van der Waals surface area contributed by atoms with Crippen LogP contribution in [-0.4, -0.2) is 29.9 Å². The fraction of sp³-hybridized carbons (Fsp3) is 0.829. The standard InChI is InChI=1S/C35H52O5/c1-22(37)32(5)16-15-31(4)17-18-34(7)23(24(31)21-32)20-25(38)29-33(6)13-12-27(40-28(39)10-9-19-36)30(2,3)26(33)11-14-35(29,34)8/h19-20,24,26-27,29H,9-18,21H2,1-8H3/t24-,26?,27-,29+,31+,32?,33-,34+,35+/m0/s1. The minimum Gasteiger partial charge on any atom is -0.462 e. The molecule has 4 saturated carbocycles. The van der Waals surface area contributed by atoms with Crippen molar-refractivity contribution in [1.29, 1.82) is 0 Å². The molecule has 40 heavy (non-hydrogen) atoms. The highest BCUT2D eigenvalue weighted by Gasteiger charge is 2.70. The molecule has 0 radical (unpaired) electrons. The van der Waals surface area contributed by atoms with Gasteiger partial charge in [0.1, 0.15) is 18.2 Å². The molecule has 0 N–H and O–H groups in total. The first-order chi connectivity index (χ1) is 18.5. The van der Waals surface area contributed by atoms with Crippen molar-refractivity contribution in [1.82, 2.24) is 0 Å². The number of ether oxygens (including phenoxy) is 1. The Hall–Kier alpha value is -1.78. The number of hydrogen-bond donors (Lipinski definition) is 0. The first-order valence-electron chi connectivity index (χ1n) is 15.9. The van der Waals surface area contributed by atoms with E-state index in [2.05, 4.69) is 54.5 Å². The predicted molar refractivity (Wildman–Crippen MR) is 155 cm³/mol. The Bertz CT molecular complexity index is 1150. The molecule has 0 aromatic heterocycles. The van der Waals surface area contributed by atoms with Gasteiger partial charge >= 0.3 is 5.97 Å². The first-order valence-corrected chi connectivity index (χ1v) is 15.9. The highest BCUT2D eigenvalue weighted by Crippen LogP contribution is 2.75. The van der Waals surface area contributed by atoms with Gasteiger partial charge in [0.25, 0.3) is 0 Å². The van der Waals surface area contributed by atoms with Gasteiger partial charge in [0.2, 0.25) is 0 Å². The monoisotopic (exact) mass is 552 g/mol. The van der Waals surface area contributed by atoms with Crippen molar-refractivity contribution >= 4 is 23.8 Å². The Balaban J connectivity index is 1.51. The summed E-state index contributed by atoms with van der Waals surface area (Å²) in [5.74, 6) is 0.761. The number of Topliss-reactive ketones (excluding diaryl/α,β-unsaturated/α-hetero) is 1. The molecule has 5 heteroatoms. The number of esters is 1. The molecule has 0 spiro atoms. The van der Waals surface area contributed by atoms with E-state index < -0.39 is 0 Å². The van der Waals surface area contributed by atoms with Gasteiger partial charge in [0.15, 0.2) is 5.78 Å². The molecule has 5 aliphatic rings. The summed E-state index contributed by atoms with van der Waals surface area (Å²) in [7, 11) is 0. The lowest BCUT2D eigenvalue weighted by Gasteiger charge is -2.70. The van der Waals surface area contributed by atoms with E-state index in [1.54, 1.807) is 6.92 Å². The summed E-state index contributed by atoms with van der Waals surface area (Å²) in [5.41, 5.74) is 0.545. The molecule has 0 amide bonds. The van der Waals surface area contributed by atoms with Crippen LogP contribution in [0.1, 0.15) is 126 Å². The lowest BCUT2D eigenvalue weighted by atomic mass is 9.33. The molecule has 5 nitrogen and oxygen atoms in total. The second kappa shape index (κ2) is 9.36. The van der Waals surface area contributed by atoms with Crippen LogP contribution in [0.15, 0.2) is 11.6 Å². The lowest BCUT2D eigenvalue weighted by molar-refractivity contribution is -0.211.